The summed E-state index contributed by atoms with van der Waals surface area (Å²) in [6.07, 6.45) is 10.6. The fourth-order valence-electron chi connectivity index (χ4n) is 3.07. The number of carbonyl (C=O) groups excluding carboxylic acids is 1. The number of hydrogen-bond acceptors (Lipinski definition) is 3. The third-order valence-electron chi connectivity index (χ3n) is 4.24. The average molecular weight is 310 g/mol. The van der Waals surface area contributed by atoms with Crippen LogP contribution in [0.25, 0.3) is 12.2 Å². The summed E-state index contributed by atoms with van der Waals surface area (Å²) in [4.78, 5) is 12.8. The first-order valence-electron chi connectivity index (χ1n) is 7.90. The number of aryl methyl sites for hydroxylation is 4. The molecule has 0 unspecified atom stereocenters. The highest BCUT2D eigenvalue weighted by atomic mass is 16.1. The van der Waals surface area contributed by atoms with Crippen molar-refractivity contribution in [3.05, 3.63) is 46.1 Å². The Morgan fingerprint density at radius 2 is 1.35 bits per heavy atom. The van der Waals surface area contributed by atoms with E-state index < -0.39 is 0 Å². The Morgan fingerprint density at radius 3 is 1.70 bits per heavy atom. The van der Waals surface area contributed by atoms with Gasteiger partial charge in [-0.05, 0) is 45.3 Å². The normalized spacial score (nSPS) is 19.0. The molecule has 1 aliphatic rings. The number of nitrogens with zero attached hydrogens (tertiary/aromatic N) is 4. The predicted molar refractivity (Wildman–Crippen MR) is 90.7 cm³/mol. The number of Topliss-reactive ketones (excluding diaryl/α,β-unsaturated/α-hetero) is 1. The third kappa shape index (κ3) is 3.18. The fourth-order valence-corrected chi connectivity index (χ4v) is 3.07. The summed E-state index contributed by atoms with van der Waals surface area (Å²) >= 11 is 0. The maximum absolute atomic E-state index is 12.8. The van der Waals surface area contributed by atoms with Gasteiger partial charge in [-0.1, -0.05) is 0 Å². The van der Waals surface area contributed by atoms with Crippen molar-refractivity contribution in [3.63, 3.8) is 0 Å². The molecule has 2 heterocycles. The van der Waals surface area contributed by atoms with Crippen LogP contribution in [0.2, 0.25) is 0 Å². The van der Waals surface area contributed by atoms with Crippen molar-refractivity contribution in [1.29, 1.82) is 0 Å². The van der Waals surface area contributed by atoms with Crippen LogP contribution in [0.15, 0.2) is 23.5 Å². The molecule has 3 rings (SSSR count). The molecule has 120 valence electrons. The minimum atomic E-state index is 0.155. The highest BCUT2D eigenvalue weighted by Crippen LogP contribution is 2.28. The molecule has 0 spiro atoms. The quantitative estimate of drug-likeness (QED) is 0.801. The van der Waals surface area contributed by atoms with Gasteiger partial charge >= 0.3 is 0 Å². The summed E-state index contributed by atoms with van der Waals surface area (Å²) < 4.78 is 3.57. The molecular formula is C18H22N4O. The molecule has 0 saturated heterocycles. The molecule has 0 aliphatic heterocycles. The Balaban J connectivity index is 1.92. The lowest BCUT2D eigenvalue weighted by Gasteiger charge is -2.16. The molecule has 5 nitrogen and oxygen atoms in total. The first kappa shape index (κ1) is 15.5. The van der Waals surface area contributed by atoms with Gasteiger partial charge in [-0.15, -0.1) is 0 Å². The lowest BCUT2D eigenvalue weighted by Crippen LogP contribution is -2.12. The molecule has 0 aromatic carbocycles. The van der Waals surface area contributed by atoms with Crippen LogP contribution in [0.4, 0.5) is 0 Å². The van der Waals surface area contributed by atoms with Gasteiger partial charge in [0.2, 0.25) is 0 Å². The van der Waals surface area contributed by atoms with Crippen LogP contribution in [0.3, 0.4) is 0 Å². The number of carbonyl (C=O) groups is 1. The molecule has 0 radical (unpaired) electrons. The fraction of sp³-hybridized carbons (Fsp3) is 0.389. The van der Waals surface area contributed by atoms with E-state index in [4.69, 9.17) is 0 Å². The molecular weight excluding hydrogens is 288 g/mol. The average Bonchev–Trinajstić information content (AvgIpc) is 2.96. The van der Waals surface area contributed by atoms with Crippen molar-refractivity contribution in [3.8, 4) is 0 Å². The zero-order chi connectivity index (χ0) is 16.6. The van der Waals surface area contributed by atoms with Crippen molar-refractivity contribution in [2.45, 2.75) is 33.1 Å². The minimum Gasteiger partial charge on any atom is -0.289 e. The van der Waals surface area contributed by atoms with Crippen LogP contribution in [0, 0.1) is 13.8 Å². The van der Waals surface area contributed by atoms with Crippen molar-refractivity contribution < 1.29 is 4.79 Å². The van der Waals surface area contributed by atoms with Gasteiger partial charge in [0.1, 0.15) is 0 Å². The molecule has 0 atom stereocenters. The van der Waals surface area contributed by atoms with Crippen LogP contribution in [-0.2, 0) is 18.9 Å². The molecule has 23 heavy (non-hydrogen) atoms. The zero-order valence-electron chi connectivity index (χ0n) is 14.1. The highest BCUT2D eigenvalue weighted by Gasteiger charge is 2.21. The van der Waals surface area contributed by atoms with Crippen molar-refractivity contribution in [1.82, 2.24) is 19.6 Å². The van der Waals surface area contributed by atoms with Gasteiger partial charge in [-0.3, -0.25) is 14.2 Å². The first-order chi connectivity index (χ1) is 10.9. The summed E-state index contributed by atoms with van der Waals surface area (Å²) in [5, 5.41) is 8.68. The van der Waals surface area contributed by atoms with E-state index in [9.17, 15) is 4.79 Å². The van der Waals surface area contributed by atoms with Crippen LogP contribution < -0.4 is 0 Å². The molecule has 0 N–H and O–H groups in total. The second-order valence-corrected chi connectivity index (χ2v) is 6.21. The van der Waals surface area contributed by atoms with E-state index in [2.05, 4.69) is 10.2 Å². The van der Waals surface area contributed by atoms with E-state index in [1.807, 2.05) is 52.5 Å². The highest BCUT2D eigenvalue weighted by molar-refractivity contribution is 6.14. The van der Waals surface area contributed by atoms with E-state index >= 15 is 0 Å². The number of allylic oxidation sites excluding steroid dienone is 2. The monoisotopic (exact) mass is 310 g/mol. The molecule has 1 aliphatic carbocycles. The van der Waals surface area contributed by atoms with E-state index in [1.54, 1.807) is 9.36 Å². The van der Waals surface area contributed by atoms with Gasteiger partial charge in [0.15, 0.2) is 5.78 Å². The molecule has 2 aromatic heterocycles. The Hall–Kier alpha value is -2.43. The SMILES string of the molecule is Cc1nn(C)cc1/C=C1/CCC/C(=C\c2cn(C)nc2C)C1=O. The summed E-state index contributed by atoms with van der Waals surface area (Å²) in [6.45, 7) is 3.94. The predicted octanol–water partition coefficient (Wildman–Crippen LogP) is 2.99. The molecule has 0 amide bonds. The first-order valence-corrected chi connectivity index (χ1v) is 7.90. The van der Waals surface area contributed by atoms with Gasteiger partial charge < -0.3 is 0 Å². The summed E-state index contributed by atoms with van der Waals surface area (Å²) in [5.41, 5.74) is 5.70. The summed E-state index contributed by atoms with van der Waals surface area (Å²) in [7, 11) is 3.79. The van der Waals surface area contributed by atoms with Gasteiger partial charge in [0, 0.05) is 48.8 Å². The topological polar surface area (TPSA) is 52.7 Å². The molecule has 2 aromatic rings. The van der Waals surface area contributed by atoms with Gasteiger partial charge in [-0.2, -0.15) is 10.2 Å². The maximum Gasteiger partial charge on any atom is 0.185 e. The standard InChI is InChI=1S/C18H22N4O/c1-12-16(10-21(3)19-12)8-14-6-5-7-15(18(14)23)9-17-11-22(4)20-13(17)2/h8-11H,5-7H2,1-4H3/b14-8-,15-9+. The summed E-state index contributed by atoms with van der Waals surface area (Å²) in [5.74, 6) is 0.155. The number of aromatic nitrogens is 4. The van der Waals surface area contributed by atoms with E-state index in [0.29, 0.717) is 0 Å². The Labute approximate surface area is 136 Å². The second-order valence-electron chi connectivity index (χ2n) is 6.21. The van der Waals surface area contributed by atoms with Crippen molar-refractivity contribution >= 4 is 17.9 Å². The lowest BCUT2D eigenvalue weighted by atomic mass is 9.87. The zero-order valence-corrected chi connectivity index (χ0v) is 14.1. The second kappa shape index (κ2) is 5.99. The lowest BCUT2D eigenvalue weighted by molar-refractivity contribution is -0.112. The minimum absolute atomic E-state index is 0.155. The van der Waals surface area contributed by atoms with Crippen LogP contribution in [-0.4, -0.2) is 25.3 Å². The Kier molecular flexibility index (Phi) is 4.03. The van der Waals surface area contributed by atoms with Crippen LogP contribution in [0.5, 0.6) is 0 Å². The Bertz CT molecular complexity index is 754. The van der Waals surface area contributed by atoms with Gasteiger partial charge in [0.25, 0.3) is 0 Å². The van der Waals surface area contributed by atoms with Crippen LogP contribution in [0.1, 0.15) is 41.8 Å². The van der Waals surface area contributed by atoms with E-state index in [0.717, 1.165) is 52.9 Å². The van der Waals surface area contributed by atoms with Crippen molar-refractivity contribution in [2.24, 2.45) is 14.1 Å². The summed E-state index contributed by atoms with van der Waals surface area (Å²) in [6, 6.07) is 0. The number of ketones is 1. The van der Waals surface area contributed by atoms with Crippen LogP contribution >= 0.6 is 0 Å². The largest absolute Gasteiger partial charge is 0.289 e. The third-order valence-corrected chi connectivity index (χ3v) is 4.24. The molecule has 1 fully saturated rings. The molecule has 1 saturated carbocycles. The number of rotatable bonds is 2. The Morgan fingerprint density at radius 1 is 0.913 bits per heavy atom. The van der Waals surface area contributed by atoms with Gasteiger partial charge in [0.05, 0.1) is 11.4 Å². The van der Waals surface area contributed by atoms with Crippen molar-refractivity contribution in [2.75, 3.05) is 0 Å². The molecule has 5 heteroatoms. The van der Waals surface area contributed by atoms with E-state index in [-0.39, 0.29) is 5.78 Å². The maximum atomic E-state index is 12.8. The smallest absolute Gasteiger partial charge is 0.185 e. The number of hydrogen-bond donors (Lipinski definition) is 0. The molecule has 0 bridgehead atoms. The van der Waals surface area contributed by atoms with E-state index in [1.165, 1.54) is 0 Å². The van der Waals surface area contributed by atoms with Gasteiger partial charge in [-0.25, -0.2) is 0 Å².